The molecule has 0 bridgehead atoms. The number of carbonyl (C=O) groups excluding carboxylic acids is 3. The van der Waals surface area contributed by atoms with E-state index in [9.17, 15) is 18.8 Å². The van der Waals surface area contributed by atoms with Crippen molar-refractivity contribution < 1.29 is 23.5 Å². The molecule has 1 N–H and O–H groups in total. The summed E-state index contributed by atoms with van der Waals surface area (Å²) in [5, 5.41) is 2.18. The van der Waals surface area contributed by atoms with Gasteiger partial charge in [-0.15, -0.1) is 0 Å². The predicted molar refractivity (Wildman–Crippen MR) is 102 cm³/mol. The smallest absolute Gasteiger partial charge is 0.293 e. The van der Waals surface area contributed by atoms with Gasteiger partial charge in [0, 0.05) is 25.5 Å². The van der Waals surface area contributed by atoms with Gasteiger partial charge in [-0.1, -0.05) is 6.07 Å². The maximum Gasteiger partial charge on any atom is 0.293 e. The van der Waals surface area contributed by atoms with Crippen LogP contribution in [0.25, 0.3) is 6.08 Å². The van der Waals surface area contributed by atoms with Gasteiger partial charge < -0.3 is 10.1 Å². The van der Waals surface area contributed by atoms with E-state index in [0.29, 0.717) is 10.7 Å². The summed E-state index contributed by atoms with van der Waals surface area (Å²) in [5.74, 6) is -0.854. The molecule has 0 radical (unpaired) electrons. The van der Waals surface area contributed by atoms with Gasteiger partial charge in [-0.25, -0.2) is 4.39 Å². The van der Waals surface area contributed by atoms with E-state index in [1.807, 2.05) is 0 Å². The van der Waals surface area contributed by atoms with E-state index in [-0.39, 0.29) is 19.7 Å². The van der Waals surface area contributed by atoms with Gasteiger partial charge in [0.1, 0.15) is 11.6 Å². The molecule has 144 valence electrons. The molecule has 0 saturated carbocycles. The van der Waals surface area contributed by atoms with Crippen LogP contribution < -0.4 is 10.1 Å². The summed E-state index contributed by atoms with van der Waals surface area (Å²) in [5.41, 5.74) is 0.722. The summed E-state index contributed by atoms with van der Waals surface area (Å²) in [6.45, 7) is -0.102. The average Bonchev–Trinajstić information content (AvgIpc) is 2.95. The highest BCUT2D eigenvalue weighted by Crippen LogP contribution is 2.31. The van der Waals surface area contributed by atoms with Crippen LogP contribution in [0.3, 0.4) is 0 Å². The molecule has 3 amide bonds. The maximum atomic E-state index is 12.8. The number of thioether (sulfide) groups is 1. The molecule has 3 rings (SSSR count). The number of imide groups is 1. The highest BCUT2D eigenvalue weighted by atomic mass is 32.2. The first-order valence-corrected chi connectivity index (χ1v) is 9.15. The molecular formula is C19H16FN3O4S. The van der Waals surface area contributed by atoms with Crippen LogP contribution in [-0.4, -0.2) is 46.6 Å². The SMILES string of the molecule is O=C(COc1ccc(F)cc1)NCCN1C(=O)S/C(=C\c2cccnc2)C1=O. The average molecular weight is 401 g/mol. The van der Waals surface area contributed by atoms with Crippen LogP contribution in [0.4, 0.5) is 9.18 Å². The third-order valence-corrected chi connectivity index (χ3v) is 4.60. The van der Waals surface area contributed by atoms with Gasteiger partial charge in [0.15, 0.2) is 6.61 Å². The summed E-state index contributed by atoms with van der Waals surface area (Å²) in [6, 6.07) is 8.80. The van der Waals surface area contributed by atoms with Gasteiger partial charge in [-0.05, 0) is 53.7 Å². The van der Waals surface area contributed by atoms with Crippen molar-refractivity contribution in [1.82, 2.24) is 15.2 Å². The Kier molecular flexibility index (Phi) is 6.38. The number of hydrogen-bond acceptors (Lipinski definition) is 6. The monoisotopic (exact) mass is 401 g/mol. The molecule has 2 aromatic rings. The van der Waals surface area contributed by atoms with Crippen LogP contribution >= 0.6 is 11.8 Å². The number of carbonyl (C=O) groups is 3. The van der Waals surface area contributed by atoms with Crippen LogP contribution in [0.1, 0.15) is 5.56 Å². The van der Waals surface area contributed by atoms with Crippen molar-refractivity contribution in [1.29, 1.82) is 0 Å². The van der Waals surface area contributed by atoms with E-state index < -0.39 is 22.9 Å². The lowest BCUT2D eigenvalue weighted by atomic mass is 10.2. The molecule has 28 heavy (non-hydrogen) atoms. The first-order valence-electron chi connectivity index (χ1n) is 8.33. The number of pyridine rings is 1. The molecule has 0 spiro atoms. The largest absolute Gasteiger partial charge is 0.484 e. The van der Waals surface area contributed by atoms with Crippen LogP contribution in [0.5, 0.6) is 5.75 Å². The van der Waals surface area contributed by atoms with Crippen LogP contribution in [-0.2, 0) is 9.59 Å². The van der Waals surface area contributed by atoms with Gasteiger partial charge in [0.2, 0.25) is 0 Å². The number of nitrogens with zero attached hydrogens (tertiary/aromatic N) is 2. The third kappa shape index (κ3) is 5.17. The molecule has 1 aromatic heterocycles. The number of hydrogen-bond donors (Lipinski definition) is 1. The minimum absolute atomic E-state index is 0.0529. The quantitative estimate of drug-likeness (QED) is 0.717. The van der Waals surface area contributed by atoms with Gasteiger partial charge in [-0.2, -0.15) is 0 Å². The van der Waals surface area contributed by atoms with Crippen LogP contribution in [0.2, 0.25) is 0 Å². The van der Waals surface area contributed by atoms with Crippen molar-refractivity contribution in [3.05, 3.63) is 65.1 Å². The van der Waals surface area contributed by atoms with Gasteiger partial charge in [0.25, 0.3) is 17.1 Å². The van der Waals surface area contributed by atoms with E-state index in [4.69, 9.17) is 4.74 Å². The first-order chi connectivity index (χ1) is 13.5. The fourth-order valence-corrected chi connectivity index (χ4v) is 3.21. The zero-order chi connectivity index (χ0) is 19.9. The lowest BCUT2D eigenvalue weighted by Crippen LogP contribution is -2.38. The second kappa shape index (κ2) is 9.14. The Hall–Kier alpha value is -3.20. The normalized spacial score (nSPS) is 15.2. The summed E-state index contributed by atoms with van der Waals surface area (Å²) in [4.78, 5) is 41.6. The molecule has 1 aliphatic heterocycles. The van der Waals surface area contributed by atoms with E-state index in [1.165, 1.54) is 24.3 Å². The number of aromatic nitrogens is 1. The number of amides is 3. The fourth-order valence-electron chi connectivity index (χ4n) is 2.34. The van der Waals surface area contributed by atoms with Crippen molar-refractivity contribution in [3.8, 4) is 5.75 Å². The molecule has 0 unspecified atom stereocenters. The van der Waals surface area contributed by atoms with Crippen molar-refractivity contribution in [3.63, 3.8) is 0 Å². The van der Waals surface area contributed by atoms with Gasteiger partial charge in [-0.3, -0.25) is 24.3 Å². The van der Waals surface area contributed by atoms with Crippen LogP contribution in [0.15, 0.2) is 53.7 Å². The standard InChI is InChI=1S/C19H16FN3O4S/c20-14-3-5-15(6-4-14)27-12-17(24)22-8-9-23-18(25)16(28-19(23)26)10-13-2-1-7-21-11-13/h1-7,10-11H,8-9,12H2,(H,22,24)/b16-10-. The molecule has 1 aromatic carbocycles. The Bertz CT molecular complexity index is 903. The molecular weight excluding hydrogens is 385 g/mol. The summed E-state index contributed by atoms with van der Waals surface area (Å²) >= 11 is 0.847. The summed E-state index contributed by atoms with van der Waals surface area (Å²) < 4.78 is 18.0. The van der Waals surface area contributed by atoms with E-state index in [1.54, 1.807) is 30.6 Å². The van der Waals surface area contributed by atoms with Crippen molar-refractivity contribution in [2.45, 2.75) is 0 Å². The maximum absolute atomic E-state index is 12.8. The second-order valence-electron chi connectivity index (χ2n) is 5.71. The predicted octanol–water partition coefficient (Wildman–Crippen LogP) is 2.45. The Morgan fingerprint density at radius 2 is 2.04 bits per heavy atom. The highest BCUT2D eigenvalue weighted by Gasteiger charge is 2.34. The topological polar surface area (TPSA) is 88.6 Å². The molecule has 9 heteroatoms. The number of ether oxygens (including phenoxy) is 1. The van der Waals surface area contributed by atoms with Gasteiger partial charge in [0.05, 0.1) is 4.91 Å². The fraction of sp³-hybridized carbons (Fsp3) is 0.158. The lowest BCUT2D eigenvalue weighted by Gasteiger charge is -2.13. The van der Waals surface area contributed by atoms with Crippen molar-refractivity contribution >= 4 is 34.9 Å². The third-order valence-electron chi connectivity index (χ3n) is 3.70. The molecule has 2 heterocycles. The first kappa shape index (κ1) is 19.6. The Morgan fingerprint density at radius 1 is 1.25 bits per heavy atom. The number of rotatable bonds is 7. The van der Waals surface area contributed by atoms with E-state index >= 15 is 0 Å². The molecule has 0 atom stereocenters. The van der Waals surface area contributed by atoms with Crippen molar-refractivity contribution in [2.75, 3.05) is 19.7 Å². The molecule has 1 saturated heterocycles. The number of benzene rings is 1. The highest BCUT2D eigenvalue weighted by molar-refractivity contribution is 8.18. The molecule has 0 aliphatic carbocycles. The molecule has 1 aliphatic rings. The number of halogens is 1. The van der Waals surface area contributed by atoms with Crippen LogP contribution in [0, 0.1) is 5.82 Å². The molecule has 7 nitrogen and oxygen atoms in total. The molecule has 1 fully saturated rings. The summed E-state index contributed by atoms with van der Waals surface area (Å²) in [6.07, 6.45) is 4.81. The number of nitrogens with one attached hydrogen (secondary N) is 1. The summed E-state index contributed by atoms with van der Waals surface area (Å²) in [7, 11) is 0. The zero-order valence-electron chi connectivity index (χ0n) is 14.6. The van der Waals surface area contributed by atoms with E-state index in [2.05, 4.69) is 10.3 Å². The Labute approximate surface area is 164 Å². The minimum atomic E-state index is -0.415. The van der Waals surface area contributed by atoms with E-state index in [0.717, 1.165) is 22.2 Å². The van der Waals surface area contributed by atoms with Crippen molar-refractivity contribution in [2.24, 2.45) is 0 Å². The lowest BCUT2D eigenvalue weighted by molar-refractivity contribution is -0.125. The van der Waals surface area contributed by atoms with Gasteiger partial charge >= 0.3 is 0 Å². The minimum Gasteiger partial charge on any atom is -0.484 e. The zero-order valence-corrected chi connectivity index (χ0v) is 15.4. The Balaban J connectivity index is 1.46. The Morgan fingerprint density at radius 3 is 2.75 bits per heavy atom. The second-order valence-corrected chi connectivity index (χ2v) is 6.71.